The van der Waals surface area contributed by atoms with Gasteiger partial charge in [-0.15, -0.1) is 5.10 Å². The van der Waals surface area contributed by atoms with Gasteiger partial charge in [0.25, 0.3) is 0 Å². The van der Waals surface area contributed by atoms with Gasteiger partial charge >= 0.3 is 0 Å². The van der Waals surface area contributed by atoms with Crippen LogP contribution in [0.1, 0.15) is 28.4 Å². The molecule has 2 fully saturated rings. The fraction of sp³-hybridized carbons (Fsp3) is 0.375. The van der Waals surface area contributed by atoms with Gasteiger partial charge in [-0.2, -0.15) is 5.26 Å². The van der Waals surface area contributed by atoms with Gasteiger partial charge in [-0.25, -0.2) is 13.5 Å². The quantitative estimate of drug-likeness (QED) is 0.564. The van der Waals surface area contributed by atoms with Crippen molar-refractivity contribution < 1.29 is 18.3 Å². The molecule has 1 aromatic heterocycles. The molecule has 180 valence electrons. The molecule has 0 bridgehead atoms. The molecule has 3 aromatic rings. The van der Waals surface area contributed by atoms with E-state index in [4.69, 9.17) is 4.74 Å². The molecule has 11 heteroatoms. The number of rotatable bonds is 4. The number of fused-ring (bicyclic) bond motifs is 1. The molecule has 5 rings (SSSR count). The first-order chi connectivity index (χ1) is 16.9. The molecule has 2 saturated heterocycles. The van der Waals surface area contributed by atoms with E-state index in [-0.39, 0.29) is 35.6 Å². The lowest BCUT2D eigenvalue weighted by Gasteiger charge is -2.46. The molecular weight excluding hydrogens is 456 g/mol. The van der Waals surface area contributed by atoms with Crippen molar-refractivity contribution in [1.29, 1.82) is 5.26 Å². The summed E-state index contributed by atoms with van der Waals surface area (Å²) in [7, 11) is 0. The van der Waals surface area contributed by atoms with Crippen LogP contribution in [0.4, 0.5) is 8.78 Å². The minimum atomic E-state index is -0.533. The van der Waals surface area contributed by atoms with Crippen LogP contribution in [0.3, 0.4) is 0 Å². The van der Waals surface area contributed by atoms with Crippen LogP contribution in [0.25, 0.3) is 5.69 Å². The van der Waals surface area contributed by atoms with Gasteiger partial charge in [-0.3, -0.25) is 9.69 Å². The second-order valence-corrected chi connectivity index (χ2v) is 8.77. The van der Waals surface area contributed by atoms with Crippen molar-refractivity contribution in [1.82, 2.24) is 30.0 Å². The van der Waals surface area contributed by atoms with Gasteiger partial charge in [0.2, 0.25) is 5.91 Å². The second kappa shape index (κ2) is 9.48. The molecule has 0 saturated carbocycles. The summed E-state index contributed by atoms with van der Waals surface area (Å²) in [5.74, 6) is -1.15. The molecule has 0 aliphatic carbocycles. The maximum absolute atomic E-state index is 14.4. The van der Waals surface area contributed by atoms with E-state index >= 15 is 0 Å². The van der Waals surface area contributed by atoms with E-state index in [1.54, 1.807) is 30.0 Å². The van der Waals surface area contributed by atoms with Crippen molar-refractivity contribution >= 4 is 5.91 Å². The summed E-state index contributed by atoms with van der Waals surface area (Å²) in [6, 6.07) is 9.36. The Morgan fingerprint density at radius 3 is 2.80 bits per heavy atom. The lowest BCUT2D eigenvalue weighted by atomic mass is 9.96. The number of tetrazole rings is 1. The van der Waals surface area contributed by atoms with Gasteiger partial charge in [0.15, 0.2) is 0 Å². The Hall–Kier alpha value is -3.75. The van der Waals surface area contributed by atoms with E-state index in [0.29, 0.717) is 44.0 Å². The van der Waals surface area contributed by atoms with Crippen LogP contribution in [0.15, 0.2) is 36.7 Å². The predicted molar refractivity (Wildman–Crippen MR) is 119 cm³/mol. The number of aromatic nitrogens is 4. The number of hydrogen-bond donors (Lipinski definition) is 0. The molecule has 2 aliphatic heterocycles. The Kier molecular flexibility index (Phi) is 6.23. The summed E-state index contributed by atoms with van der Waals surface area (Å²) < 4.78 is 35.8. The number of morpholine rings is 1. The number of amides is 1. The largest absolute Gasteiger partial charge is 0.370 e. The summed E-state index contributed by atoms with van der Waals surface area (Å²) in [5.41, 5.74) is 2.30. The molecule has 35 heavy (non-hydrogen) atoms. The Morgan fingerprint density at radius 2 is 2.03 bits per heavy atom. The van der Waals surface area contributed by atoms with Crippen molar-refractivity contribution in [3.8, 4) is 11.8 Å². The number of nitriles is 1. The third-order valence-corrected chi connectivity index (χ3v) is 6.75. The third-order valence-electron chi connectivity index (χ3n) is 6.75. The van der Waals surface area contributed by atoms with E-state index < -0.39 is 11.6 Å². The number of ether oxygens (including phenoxy) is 1. The SMILES string of the molecule is Cc1c([C@@H]2CN3CCN(C(=O)Cc4cc(-n5cnnn5)ccc4F)CC3CO2)ccc(F)c1C#N. The maximum atomic E-state index is 14.4. The number of piperazine rings is 1. The van der Waals surface area contributed by atoms with E-state index in [9.17, 15) is 18.8 Å². The van der Waals surface area contributed by atoms with Crippen molar-refractivity contribution in [3.63, 3.8) is 0 Å². The zero-order chi connectivity index (χ0) is 24.5. The standard InChI is InChI=1S/C24H23F2N7O2/c1-15-19(3-5-22(26)20(15)10-27)23-12-31-6-7-32(11-18(31)13-35-23)24(34)9-16-8-17(2-4-21(16)25)33-14-28-29-30-33/h2-5,8,14,18,23H,6-7,9,11-13H2,1H3/t18?,23-/m0/s1. The summed E-state index contributed by atoms with van der Waals surface area (Å²) >= 11 is 0. The summed E-state index contributed by atoms with van der Waals surface area (Å²) in [6.45, 7) is 4.36. The van der Waals surface area contributed by atoms with Crippen molar-refractivity contribution in [2.75, 3.05) is 32.8 Å². The molecular formula is C24H23F2N7O2. The molecule has 3 heterocycles. The minimum absolute atomic E-state index is 0.0116. The number of benzene rings is 2. The molecule has 0 radical (unpaired) electrons. The highest BCUT2D eigenvalue weighted by Crippen LogP contribution is 2.31. The fourth-order valence-corrected chi connectivity index (χ4v) is 4.77. The van der Waals surface area contributed by atoms with Crippen LogP contribution in [0.2, 0.25) is 0 Å². The second-order valence-electron chi connectivity index (χ2n) is 8.77. The number of hydrogen-bond acceptors (Lipinski definition) is 7. The zero-order valence-corrected chi connectivity index (χ0v) is 19.1. The van der Waals surface area contributed by atoms with E-state index in [2.05, 4.69) is 20.4 Å². The van der Waals surface area contributed by atoms with Crippen molar-refractivity contribution in [3.05, 3.63) is 70.5 Å². The van der Waals surface area contributed by atoms with Crippen LogP contribution in [-0.4, -0.2) is 74.7 Å². The topological polar surface area (TPSA) is 100 Å². The molecule has 2 atom stereocenters. The first kappa shape index (κ1) is 23.0. The number of nitrogens with zero attached hydrogens (tertiary/aromatic N) is 7. The van der Waals surface area contributed by atoms with Gasteiger partial charge in [0.1, 0.15) is 24.0 Å². The first-order valence-corrected chi connectivity index (χ1v) is 11.3. The average molecular weight is 479 g/mol. The molecule has 2 aliphatic rings. The highest BCUT2D eigenvalue weighted by atomic mass is 19.1. The molecule has 0 N–H and O–H groups in total. The van der Waals surface area contributed by atoms with E-state index in [1.807, 2.05) is 6.07 Å². The zero-order valence-electron chi connectivity index (χ0n) is 19.1. The van der Waals surface area contributed by atoms with Gasteiger partial charge in [0.05, 0.1) is 36.4 Å². The summed E-state index contributed by atoms with van der Waals surface area (Å²) in [4.78, 5) is 17.0. The first-order valence-electron chi connectivity index (χ1n) is 11.3. The monoisotopic (exact) mass is 479 g/mol. The predicted octanol–water partition coefficient (Wildman–Crippen LogP) is 1.95. The Morgan fingerprint density at radius 1 is 1.20 bits per heavy atom. The molecule has 1 amide bonds. The molecule has 1 unspecified atom stereocenters. The maximum Gasteiger partial charge on any atom is 0.227 e. The van der Waals surface area contributed by atoms with Gasteiger partial charge in [-0.1, -0.05) is 6.07 Å². The number of carbonyl (C=O) groups excluding carboxylic acids is 1. The van der Waals surface area contributed by atoms with Crippen LogP contribution < -0.4 is 0 Å². The fourth-order valence-electron chi connectivity index (χ4n) is 4.77. The van der Waals surface area contributed by atoms with Crippen molar-refractivity contribution in [2.45, 2.75) is 25.5 Å². The smallest absolute Gasteiger partial charge is 0.227 e. The molecule has 2 aromatic carbocycles. The average Bonchev–Trinajstić information content (AvgIpc) is 3.40. The van der Waals surface area contributed by atoms with E-state index in [0.717, 1.165) is 5.56 Å². The number of carbonyl (C=O) groups is 1. The Balaban J connectivity index is 1.23. The van der Waals surface area contributed by atoms with Gasteiger partial charge < -0.3 is 9.64 Å². The highest BCUT2D eigenvalue weighted by molar-refractivity contribution is 5.79. The van der Waals surface area contributed by atoms with Gasteiger partial charge in [-0.05, 0) is 58.3 Å². The molecule has 9 nitrogen and oxygen atoms in total. The van der Waals surface area contributed by atoms with Crippen LogP contribution in [-0.2, 0) is 16.0 Å². The third kappa shape index (κ3) is 4.50. The highest BCUT2D eigenvalue weighted by Gasteiger charge is 2.36. The van der Waals surface area contributed by atoms with Crippen molar-refractivity contribution in [2.24, 2.45) is 0 Å². The normalized spacial score (nSPS) is 20.3. The van der Waals surface area contributed by atoms with Crippen LogP contribution >= 0.6 is 0 Å². The summed E-state index contributed by atoms with van der Waals surface area (Å²) in [5, 5.41) is 20.2. The lowest BCUT2D eigenvalue weighted by molar-refractivity contribution is -0.139. The van der Waals surface area contributed by atoms with E-state index in [1.165, 1.54) is 23.1 Å². The van der Waals surface area contributed by atoms with Crippen LogP contribution in [0.5, 0.6) is 0 Å². The number of halogens is 2. The van der Waals surface area contributed by atoms with Gasteiger partial charge in [0, 0.05) is 26.2 Å². The minimum Gasteiger partial charge on any atom is -0.370 e. The molecule has 0 spiro atoms. The summed E-state index contributed by atoms with van der Waals surface area (Å²) in [6.07, 6.45) is 1.07. The lowest BCUT2D eigenvalue weighted by Crippen LogP contribution is -2.59. The van der Waals surface area contributed by atoms with Crippen LogP contribution in [0, 0.1) is 29.9 Å². The Labute approximate surface area is 200 Å². The Bertz CT molecular complexity index is 1290.